The van der Waals surface area contributed by atoms with Crippen molar-refractivity contribution in [1.82, 2.24) is 10.3 Å². The molecule has 1 aliphatic rings. The lowest BCUT2D eigenvalue weighted by atomic mass is 10.2. The van der Waals surface area contributed by atoms with Crippen molar-refractivity contribution in [1.29, 1.82) is 0 Å². The third-order valence-electron chi connectivity index (χ3n) is 3.16. The molecule has 1 fully saturated rings. The minimum absolute atomic E-state index is 0.0168. The third-order valence-corrected chi connectivity index (χ3v) is 3.16. The lowest BCUT2D eigenvalue weighted by molar-refractivity contribution is -0.385. The number of nitrogens with zero attached hydrogens (tertiary/aromatic N) is 2. The Kier molecular flexibility index (Phi) is 5.04. The Bertz CT molecular complexity index is 531. The van der Waals surface area contributed by atoms with Crippen LogP contribution in [-0.2, 0) is 4.74 Å². The largest absolute Gasteiger partial charge is 0.383 e. The second-order valence-corrected chi connectivity index (χ2v) is 5.01. The van der Waals surface area contributed by atoms with Crippen molar-refractivity contribution in [3.63, 3.8) is 0 Å². The minimum atomic E-state index is -0.616. The van der Waals surface area contributed by atoms with E-state index in [-0.39, 0.29) is 17.1 Å². The van der Waals surface area contributed by atoms with Crippen LogP contribution in [0.15, 0.2) is 12.3 Å². The Labute approximate surface area is 121 Å². The van der Waals surface area contributed by atoms with E-state index < -0.39 is 10.8 Å². The van der Waals surface area contributed by atoms with E-state index >= 15 is 0 Å². The van der Waals surface area contributed by atoms with E-state index in [9.17, 15) is 14.9 Å². The highest BCUT2D eigenvalue weighted by Crippen LogP contribution is 2.28. The SMILES string of the molecule is Nc1ncc([N+](=O)[O-])cc1C(=O)NCCCOCC1CC1. The number of anilines is 1. The molecule has 0 unspecified atom stereocenters. The zero-order valence-electron chi connectivity index (χ0n) is 11.6. The fourth-order valence-corrected chi connectivity index (χ4v) is 1.75. The van der Waals surface area contributed by atoms with Gasteiger partial charge in [-0.1, -0.05) is 0 Å². The van der Waals surface area contributed by atoms with Crippen LogP contribution in [-0.4, -0.2) is 35.6 Å². The molecule has 1 aliphatic carbocycles. The first-order valence-corrected chi connectivity index (χ1v) is 6.84. The topological polar surface area (TPSA) is 120 Å². The predicted octanol–water partition coefficient (Wildman–Crippen LogP) is 1.12. The van der Waals surface area contributed by atoms with Gasteiger partial charge in [-0.3, -0.25) is 14.9 Å². The molecule has 1 aromatic rings. The van der Waals surface area contributed by atoms with Crippen LogP contribution in [0.5, 0.6) is 0 Å². The molecule has 0 aliphatic heterocycles. The van der Waals surface area contributed by atoms with Gasteiger partial charge in [0, 0.05) is 25.8 Å². The predicted molar refractivity (Wildman–Crippen MR) is 75.8 cm³/mol. The molecule has 0 bridgehead atoms. The number of pyridine rings is 1. The van der Waals surface area contributed by atoms with Crippen molar-refractivity contribution in [2.24, 2.45) is 5.92 Å². The molecule has 1 aromatic heterocycles. The summed E-state index contributed by atoms with van der Waals surface area (Å²) in [6.45, 7) is 1.79. The molecule has 0 aromatic carbocycles. The first-order chi connectivity index (χ1) is 10.1. The maximum Gasteiger partial charge on any atom is 0.288 e. The Balaban J connectivity index is 1.76. The van der Waals surface area contributed by atoms with Crippen LogP contribution < -0.4 is 11.1 Å². The van der Waals surface area contributed by atoms with Gasteiger partial charge in [-0.15, -0.1) is 0 Å². The second-order valence-electron chi connectivity index (χ2n) is 5.01. The number of carbonyl (C=O) groups excluding carboxylic acids is 1. The summed E-state index contributed by atoms with van der Waals surface area (Å²) in [5.41, 5.74) is 5.32. The van der Waals surface area contributed by atoms with Crippen molar-refractivity contribution in [3.05, 3.63) is 27.9 Å². The van der Waals surface area contributed by atoms with Crippen LogP contribution in [0.3, 0.4) is 0 Å². The zero-order valence-corrected chi connectivity index (χ0v) is 11.6. The number of hydrogen-bond acceptors (Lipinski definition) is 6. The zero-order chi connectivity index (χ0) is 15.2. The smallest absolute Gasteiger partial charge is 0.288 e. The number of amides is 1. The molecule has 114 valence electrons. The molecular weight excluding hydrogens is 276 g/mol. The minimum Gasteiger partial charge on any atom is -0.383 e. The van der Waals surface area contributed by atoms with Gasteiger partial charge in [0.2, 0.25) is 0 Å². The van der Waals surface area contributed by atoms with Crippen LogP contribution in [0.2, 0.25) is 0 Å². The van der Waals surface area contributed by atoms with Gasteiger partial charge in [-0.25, -0.2) is 4.98 Å². The summed E-state index contributed by atoms with van der Waals surface area (Å²) in [6, 6.07) is 1.13. The third kappa shape index (κ3) is 4.67. The van der Waals surface area contributed by atoms with Gasteiger partial charge in [-0.05, 0) is 25.2 Å². The van der Waals surface area contributed by atoms with Gasteiger partial charge < -0.3 is 15.8 Å². The van der Waals surface area contributed by atoms with Gasteiger partial charge in [0.1, 0.15) is 12.0 Å². The molecule has 0 spiro atoms. The van der Waals surface area contributed by atoms with E-state index in [0.717, 1.165) is 24.8 Å². The number of rotatable bonds is 8. The summed E-state index contributed by atoms with van der Waals surface area (Å²) < 4.78 is 5.44. The van der Waals surface area contributed by atoms with Crippen molar-refractivity contribution in [3.8, 4) is 0 Å². The summed E-state index contributed by atoms with van der Waals surface area (Å²) in [7, 11) is 0. The molecule has 1 saturated carbocycles. The number of carbonyl (C=O) groups is 1. The van der Waals surface area contributed by atoms with E-state index in [1.165, 1.54) is 12.8 Å². The molecule has 8 nitrogen and oxygen atoms in total. The molecule has 21 heavy (non-hydrogen) atoms. The molecule has 0 atom stereocenters. The summed E-state index contributed by atoms with van der Waals surface area (Å²) in [4.78, 5) is 25.6. The van der Waals surface area contributed by atoms with Crippen molar-refractivity contribution in [2.75, 3.05) is 25.5 Å². The highest BCUT2D eigenvalue weighted by Gasteiger charge is 2.21. The maximum atomic E-state index is 11.9. The molecule has 8 heteroatoms. The molecule has 2 rings (SSSR count). The second kappa shape index (κ2) is 6.98. The Morgan fingerprint density at radius 1 is 1.57 bits per heavy atom. The Hall–Kier alpha value is -2.22. The van der Waals surface area contributed by atoms with Crippen molar-refractivity contribution >= 4 is 17.4 Å². The number of nitrogen functional groups attached to an aromatic ring is 1. The average molecular weight is 294 g/mol. The van der Waals surface area contributed by atoms with Crippen molar-refractivity contribution < 1.29 is 14.5 Å². The fraction of sp³-hybridized carbons (Fsp3) is 0.538. The van der Waals surface area contributed by atoms with Gasteiger partial charge >= 0.3 is 0 Å². The van der Waals surface area contributed by atoms with Crippen LogP contribution in [0.4, 0.5) is 11.5 Å². The van der Waals surface area contributed by atoms with E-state index in [0.29, 0.717) is 19.6 Å². The first-order valence-electron chi connectivity index (χ1n) is 6.84. The number of aromatic nitrogens is 1. The quantitative estimate of drug-likeness (QED) is 0.421. The van der Waals surface area contributed by atoms with Gasteiger partial charge in [0.05, 0.1) is 10.5 Å². The molecule has 1 heterocycles. The van der Waals surface area contributed by atoms with Crippen LogP contribution in [0, 0.1) is 16.0 Å². The number of hydrogen-bond donors (Lipinski definition) is 2. The fourth-order valence-electron chi connectivity index (χ4n) is 1.75. The maximum absolute atomic E-state index is 11.9. The Morgan fingerprint density at radius 2 is 2.33 bits per heavy atom. The van der Waals surface area contributed by atoms with Crippen LogP contribution >= 0.6 is 0 Å². The average Bonchev–Trinajstić information content (AvgIpc) is 3.26. The lowest BCUT2D eigenvalue weighted by Gasteiger charge is -2.07. The lowest BCUT2D eigenvalue weighted by Crippen LogP contribution is -2.26. The standard InChI is InChI=1S/C13H18N4O4/c14-12-11(6-10(7-16-12)17(19)20)13(18)15-4-1-5-21-8-9-2-3-9/h6-7,9H,1-5,8H2,(H2,14,16)(H,15,18). The monoisotopic (exact) mass is 294 g/mol. The summed E-state index contributed by atoms with van der Waals surface area (Å²) in [5.74, 6) is 0.226. The molecule has 0 saturated heterocycles. The number of nitro groups is 1. The van der Waals surface area contributed by atoms with Crippen LogP contribution in [0.1, 0.15) is 29.6 Å². The highest BCUT2D eigenvalue weighted by atomic mass is 16.6. The van der Waals surface area contributed by atoms with Gasteiger partial charge in [0.15, 0.2) is 0 Å². The summed E-state index contributed by atoms with van der Waals surface area (Å²) in [5, 5.41) is 13.3. The molecule has 0 radical (unpaired) electrons. The van der Waals surface area contributed by atoms with E-state index in [4.69, 9.17) is 10.5 Å². The van der Waals surface area contributed by atoms with Crippen molar-refractivity contribution in [2.45, 2.75) is 19.3 Å². The normalized spacial score (nSPS) is 13.9. The van der Waals surface area contributed by atoms with E-state index in [1.807, 2.05) is 0 Å². The van der Waals surface area contributed by atoms with Gasteiger partial charge in [0.25, 0.3) is 11.6 Å². The molecule has 3 N–H and O–H groups in total. The van der Waals surface area contributed by atoms with Crippen LogP contribution in [0.25, 0.3) is 0 Å². The highest BCUT2D eigenvalue weighted by molar-refractivity contribution is 5.98. The number of nitrogens with two attached hydrogens (primary N) is 1. The first kappa shape index (κ1) is 15.2. The summed E-state index contributed by atoms with van der Waals surface area (Å²) >= 11 is 0. The molecular formula is C13H18N4O4. The summed E-state index contributed by atoms with van der Waals surface area (Å²) in [6.07, 6.45) is 4.20. The molecule has 1 amide bonds. The van der Waals surface area contributed by atoms with E-state index in [1.54, 1.807) is 0 Å². The Morgan fingerprint density at radius 3 is 3.00 bits per heavy atom. The van der Waals surface area contributed by atoms with E-state index in [2.05, 4.69) is 10.3 Å². The number of ether oxygens (including phenoxy) is 1. The number of nitrogens with one attached hydrogen (secondary N) is 1. The van der Waals surface area contributed by atoms with Gasteiger partial charge in [-0.2, -0.15) is 0 Å².